The van der Waals surface area contributed by atoms with E-state index in [1.54, 1.807) is 12.1 Å². The summed E-state index contributed by atoms with van der Waals surface area (Å²) in [5.41, 5.74) is 1.66. The molecule has 1 aliphatic rings. The van der Waals surface area contributed by atoms with E-state index in [0.29, 0.717) is 18.9 Å². The Morgan fingerprint density at radius 1 is 1.17 bits per heavy atom. The first-order chi connectivity index (χ1) is 14.0. The molecular weight excluding hydrogens is 379 g/mol. The molecule has 29 heavy (non-hydrogen) atoms. The topological polar surface area (TPSA) is 77.1 Å². The van der Waals surface area contributed by atoms with Gasteiger partial charge in [0.1, 0.15) is 11.6 Å². The zero-order chi connectivity index (χ0) is 20.6. The maximum Gasteiger partial charge on any atom is 0.344 e. The monoisotopic (exact) mass is 402 g/mol. The molecule has 0 bridgehead atoms. The van der Waals surface area contributed by atoms with Crippen molar-refractivity contribution in [2.45, 2.75) is 13.0 Å². The lowest BCUT2D eigenvalue weighted by atomic mass is 10.2. The number of esters is 1. The van der Waals surface area contributed by atoms with Gasteiger partial charge in [0.25, 0.3) is 5.91 Å². The Hall–Kier alpha value is -3.13. The number of nitrogens with one attached hydrogen (secondary N) is 1. The number of benzene rings is 2. The van der Waals surface area contributed by atoms with Crippen LogP contribution in [0.25, 0.3) is 0 Å². The maximum atomic E-state index is 13.1. The zero-order valence-electron chi connectivity index (χ0n) is 16.1. The summed E-state index contributed by atoms with van der Waals surface area (Å²) in [5.74, 6) is -1.44. The van der Waals surface area contributed by atoms with Crippen molar-refractivity contribution < 1.29 is 28.2 Å². The molecule has 3 rings (SSSR count). The number of hydrogen-bond donors (Lipinski definition) is 1. The normalized spacial score (nSPS) is 14.8. The number of rotatable bonds is 7. The number of anilines is 2. The third-order valence-electron chi connectivity index (χ3n) is 4.34. The molecule has 0 unspecified atom stereocenters. The predicted molar refractivity (Wildman–Crippen MR) is 106 cm³/mol. The molecule has 0 aliphatic carbocycles. The van der Waals surface area contributed by atoms with E-state index in [2.05, 4.69) is 10.2 Å². The van der Waals surface area contributed by atoms with Crippen LogP contribution in [-0.4, -0.2) is 50.9 Å². The first kappa shape index (κ1) is 20.6. The summed E-state index contributed by atoms with van der Waals surface area (Å²) in [6.07, 6.45) is -1.00. The van der Waals surface area contributed by atoms with Crippen molar-refractivity contribution in [2.24, 2.45) is 0 Å². The third-order valence-corrected chi connectivity index (χ3v) is 4.34. The summed E-state index contributed by atoms with van der Waals surface area (Å²) in [7, 11) is 0. The van der Waals surface area contributed by atoms with Crippen LogP contribution in [0.2, 0.25) is 0 Å². The van der Waals surface area contributed by atoms with Gasteiger partial charge in [0.2, 0.25) is 0 Å². The van der Waals surface area contributed by atoms with E-state index in [1.165, 1.54) is 25.1 Å². The van der Waals surface area contributed by atoms with Gasteiger partial charge in [-0.05, 0) is 43.3 Å². The third kappa shape index (κ3) is 6.18. The van der Waals surface area contributed by atoms with E-state index in [1.807, 2.05) is 12.1 Å². The van der Waals surface area contributed by atoms with Crippen molar-refractivity contribution in [3.63, 3.8) is 0 Å². The Bertz CT molecular complexity index is 837. The molecule has 1 aliphatic heterocycles. The Morgan fingerprint density at radius 3 is 2.59 bits per heavy atom. The molecule has 1 fully saturated rings. The van der Waals surface area contributed by atoms with Gasteiger partial charge in [0.05, 0.1) is 13.2 Å². The first-order valence-corrected chi connectivity index (χ1v) is 9.33. The Balaban J connectivity index is 1.45. The van der Waals surface area contributed by atoms with Gasteiger partial charge in [-0.2, -0.15) is 0 Å². The van der Waals surface area contributed by atoms with Gasteiger partial charge in [-0.1, -0.05) is 6.07 Å². The van der Waals surface area contributed by atoms with Crippen LogP contribution < -0.4 is 15.0 Å². The van der Waals surface area contributed by atoms with Gasteiger partial charge < -0.3 is 24.4 Å². The lowest BCUT2D eigenvalue weighted by molar-refractivity contribution is -0.155. The fraction of sp³-hybridized carbons (Fsp3) is 0.333. The van der Waals surface area contributed by atoms with Crippen molar-refractivity contribution in [3.8, 4) is 5.75 Å². The summed E-state index contributed by atoms with van der Waals surface area (Å²) < 4.78 is 28.6. The number of amides is 1. The molecule has 1 atom stereocenters. The van der Waals surface area contributed by atoms with E-state index >= 15 is 0 Å². The number of morpholine rings is 1. The quantitative estimate of drug-likeness (QED) is 0.718. The number of halogens is 1. The Labute approximate surface area is 168 Å². The van der Waals surface area contributed by atoms with Gasteiger partial charge in [0.15, 0.2) is 12.7 Å². The highest BCUT2D eigenvalue weighted by molar-refractivity contribution is 5.95. The van der Waals surface area contributed by atoms with E-state index in [-0.39, 0.29) is 5.75 Å². The molecule has 2 aromatic rings. The second-order valence-corrected chi connectivity index (χ2v) is 6.51. The van der Waals surface area contributed by atoms with Crippen molar-refractivity contribution >= 4 is 23.3 Å². The van der Waals surface area contributed by atoms with Gasteiger partial charge in [0, 0.05) is 30.5 Å². The molecule has 154 valence electrons. The molecule has 1 N–H and O–H groups in total. The summed E-state index contributed by atoms with van der Waals surface area (Å²) >= 11 is 0. The van der Waals surface area contributed by atoms with Crippen molar-refractivity contribution in [1.29, 1.82) is 0 Å². The molecule has 7 nitrogen and oxygen atoms in total. The summed E-state index contributed by atoms with van der Waals surface area (Å²) in [5, 5.41) is 2.71. The Kier molecular flexibility index (Phi) is 7.02. The molecule has 0 spiro atoms. The van der Waals surface area contributed by atoms with E-state index < -0.39 is 30.4 Å². The number of nitrogens with zero attached hydrogens (tertiary/aromatic N) is 1. The largest absolute Gasteiger partial charge is 0.482 e. The van der Waals surface area contributed by atoms with E-state index in [9.17, 15) is 14.0 Å². The summed E-state index contributed by atoms with van der Waals surface area (Å²) in [6.45, 7) is 4.11. The van der Waals surface area contributed by atoms with Crippen molar-refractivity contribution in [1.82, 2.24) is 0 Å². The average Bonchev–Trinajstić information content (AvgIpc) is 2.73. The van der Waals surface area contributed by atoms with Crippen LogP contribution in [0.5, 0.6) is 5.75 Å². The molecular formula is C21H23FN2O5. The highest BCUT2D eigenvalue weighted by Gasteiger charge is 2.19. The minimum atomic E-state index is -1.00. The fourth-order valence-corrected chi connectivity index (χ4v) is 2.80. The number of carbonyl (C=O) groups excluding carboxylic acids is 2. The highest BCUT2D eigenvalue weighted by atomic mass is 19.1. The first-order valence-electron chi connectivity index (χ1n) is 9.33. The van der Waals surface area contributed by atoms with E-state index in [4.69, 9.17) is 14.2 Å². The summed E-state index contributed by atoms with van der Waals surface area (Å²) in [6, 6.07) is 12.8. The minimum absolute atomic E-state index is 0.208. The lowest BCUT2D eigenvalue weighted by Gasteiger charge is -2.28. The van der Waals surface area contributed by atoms with Crippen LogP contribution in [0.15, 0.2) is 48.5 Å². The number of ether oxygens (including phenoxy) is 3. The fourth-order valence-electron chi connectivity index (χ4n) is 2.80. The second-order valence-electron chi connectivity index (χ2n) is 6.51. The summed E-state index contributed by atoms with van der Waals surface area (Å²) in [4.78, 5) is 26.3. The molecule has 0 saturated carbocycles. The standard InChI is InChI=1S/C21H23FN2O5/c1-15(29-20(25)14-28-19-4-2-3-16(22)13-19)21(26)23-17-5-7-18(8-6-17)24-9-11-27-12-10-24/h2-8,13,15H,9-12,14H2,1H3,(H,23,26)/t15-/m0/s1. The second kappa shape index (κ2) is 9.88. The van der Waals surface area contributed by atoms with E-state index in [0.717, 1.165) is 24.8 Å². The average molecular weight is 402 g/mol. The SMILES string of the molecule is C[C@H](OC(=O)COc1cccc(F)c1)C(=O)Nc1ccc(N2CCOCC2)cc1. The molecule has 1 saturated heterocycles. The van der Waals surface area contributed by atoms with Crippen LogP contribution in [0, 0.1) is 5.82 Å². The van der Waals surface area contributed by atoms with Gasteiger partial charge in [-0.15, -0.1) is 0 Å². The van der Waals surface area contributed by atoms with Crippen molar-refractivity contribution in [3.05, 3.63) is 54.3 Å². The van der Waals surface area contributed by atoms with Crippen LogP contribution in [0.3, 0.4) is 0 Å². The number of carbonyl (C=O) groups is 2. The van der Waals surface area contributed by atoms with Crippen LogP contribution in [0.1, 0.15) is 6.92 Å². The zero-order valence-corrected chi connectivity index (χ0v) is 16.1. The lowest BCUT2D eigenvalue weighted by Crippen LogP contribution is -2.36. The highest BCUT2D eigenvalue weighted by Crippen LogP contribution is 2.19. The molecule has 0 aromatic heterocycles. The van der Waals surface area contributed by atoms with Gasteiger partial charge in [-0.25, -0.2) is 9.18 Å². The molecule has 1 amide bonds. The molecule has 1 heterocycles. The molecule has 2 aromatic carbocycles. The van der Waals surface area contributed by atoms with Gasteiger partial charge >= 0.3 is 5.97 Å². The molecule has 0 radical (unpaired) electrons. The van der Waals surface area contributed by atoms with Gasteiger partial charge in [-0.3, -0.25) is 4.79 Å². The predicted octanol–water partition coefficient (Wildman–Crippen LogP) is 2.61. The number of hydrogen-bond acceptors (Lipinski definition) is 6. The minimum Gasteiger partial charge on any atom is -0.482 e. The Morgan fingerprint density at radius 2 is 1.90 bits per heavy atom. The smallest absolute Gasteiger partial charge is 0.344 e. The van der Waals surface area contributed by atoms with Crippen molar-refractivity contribution in [2.75, 3.05) is 43.1 Å². The van der Waals surface area contributed by atoms with Crippen LogP contribution in [0.4, 0.5) is 15.8 Å². The molecule has 8 heteroatoms. The van der Waals surface area contributed by atoms with Crippen LogP contribution >= 0.6 is 0 Å². The maximum absolute atomic E-state index is 13.1. The van der Waals surface area contributed by atoms with Crippen LogP contribution in [-0.2, 0) is 19.1 Å².